The maximum atomic E-state index is 12.4. The molecule has 3 rings (SSSR count). The second kappa shape index (κ2) is 8.19. The Morgan fingerprint density at radius 1 is 1.32 bits per heavy atom. The highest BCUT2D eigenvalue weighted by Gasteiger charge is 2.44. The smallest absolute Gasteiger partial charge is 0.222 e. The van der Waals surface area contributed by atoms with E-state index in [9.17, 15) is 9.90 Å². The van der Waals surface area contributed by atoms with Gasteiger partial charge in [-0.25, -0.2) is 0 Å². The first kappa shape index (κ1) is 18.2. The van der Waals surface area contributed by atoms with Crippen LogP contribution < -0.4 is 4.74 Å². The summed E-state index contributed by atoms with van der Waals surface area (Å²) < 4.78 is 11.1. The lowest BCUT2D eigenvalue weighted by Gasteiger charge is -2.46. The average Bonchev–Trinajstić information content (AvgIpc) is 2.65. The van der Waals surface area contributed by atoms with Crippen LogP contribution in [0.25, 0.3) is 0 Å². The van der Waals surface area contributed by atoms with Gasteiger partial charge in [0.1, 0.15) is 5.75 Å². The minimum Gasteiger partial charge on any atom is -0.497 e. The van der Waals surface area contributed by atoms with Crippen molar-refractivity contribution in [2.75, 3.05) is 26.8 Å². The molecule has 1 amide bonds. The molecule has 0 radical (unpaired) electrons. The Bertz CT molecular complexity index is 564. The maximum absolute atomic E-state index is 12.4. The highest BCUT2D eigenvalue weighted by Crippen LogP contribution is 2.35. The number of aliphatic hydroxyl groups is 1. The molecule has 0 aliphatic carbocycles. The molecular weight excluding hydrogens is 318 g/mol. The number of hydrogen-bond donors (Lipinski definition) is 1. The molecule has 5 nitrogen and oxygen atoms in total. The fourth-order valence-corrected chi connectivity index (χ4v) is 3.92. The SMILES string of the molecule is COc1ccc(CCCC(=O)N2CCC3(CC2)OCCC[C@@H]3O)cc1. The van der Waals surface area contributed by atoms with Crippen LogP contribution in [0, 0.1) is 0 Å². The molecule has 1 spiro atoms. The zero-order valence-electron chi connectivity index (χ0n) is 15.1. The van der Waals surface area contributed by atoms with Crippen molar-refractivity contribution in [2.45, 2.75) is 56.7 Å². The van der Waals surface area contributed by atoms with Crippen LogP contribution in [-0.4, -0.2) is 54.4 Å². The average molecular weight is 347 g/mol. The summed E-state index contributed by atoms with van der Waals surface area (Å²) in [5.74, 6) is 1.07. The van der Waals surface area contributed by atoms with E-state index in [4.69, 9.17) is 9.47 Å². The van der Waals surface area contributed by atoms with Crippen molar-refractivity contribution >= 4 is 5.91 Å². The maximum Gasteiger partial charge on any atom is 0.222 e. The van der Waals surface area contributed by atoms with Crippen molar-refractivity contribution in [2.24, 2.45) is 0 Å². The van der Waals surface area contributed by atoms with E-state index >= 15 is 0 Å². The highest BCUT2D eigenvalue weighted by molar-refractivity contribution is 5.76. The Morgan fingerprint density at radius 3 is 2.68 bits per heavy atom. The molecule has 138 valence electrons. The minimum atomic E-state index is -0.405. The third-order valence-corrected chi connectivity index (χ3v) is 5.60. The molecule has 1 N–H and O–H groups in total. The Kier molecular flexibility index (Phi) is 5.97. The van der Waals surface area contributed by atoms with E-state index < -0.39 is 5.60 Å². The lowest BCUT2D eigenvalue weighted by molar-refractivity contribution is -0.179. The second-order valence-electron chi connectivity index (χ2n) is 7.15. The number of amides is 1. The Morgan fingerprint density at radius 2 is 2.04 bits per heavy atom. The van der Waals surface area contributed by atoms with Crippen molar-refractivity contribution < 1.29 is 19.4 Å². The lowest BCUT2D eigenvalue weighted by atomic mass is 9.82. The first-order chi connectivity index (χ1) is 12.1. The largest absolute Gasteiger partial charge is 0.497 e. The van der Waals surface area contributed by atoms with Crippen molar-refractivity contribution in [3.8, 4) is 5.75 Å². The summed E-state index contributed by atoms with van der Waals surface area (Å²) in [4.78, 5) is 14.4. The molecule has 25 heavy (non-hydrogen) atoms. The number of carbonyl (C=O) groups excluding carboxylic acids is 1. The highest BCUT2D eigenvalue weighted by atomic mass is 16.5. The molecule has 0 saturated carbocycles. The molecule has 0 bridgehead atoms. The molecule has 1 aromatic carbocycles. The van der Waals surface area contributed by atoms with Gasteiger partial charge in [-0.2, -0.15) is 0 Å². The van der Waals surface area contributed by atoms with Crippen molar-refractivity contribution in [3.63, 3.8) is 0 Å². The standard InChI is InChI=1S/C20H29NO4/c1-24-17-9-7-16(8-10-17)4-2-6-19(23)21-13-11-20(12-14-21)18(22)5-3-15-25-20/h7-10,18,22H,2-6,11-15H2,1H3/t18-/m0/s1. The van der Waals surface area contributed by atoms with Gasteiger partial charge in [0.15, 0.2) is 0 Å². The fourth-order valence-electron chi connectivity index (χ4n) is 3.92. The molecule has 2 aliphatic heterocycles. The van der Waals surface area contributed by atoms with Gasteiger partial charge >= 0.3 is 0 Å². The molecular formula is C20H29NO4. The number of aryl methyl sites for hydroxylation is 1. The number of benzene rings is 1. The van der Waals surface area contributed by atoms with Gasteiger partial charge in [0.2, 0.25) is 5.91 Å². The quantitative estimate of drug-likeness (QED) is 0.889. The molecule has 1 aromatic rings. The molecule has 0 unspecified atom stereocenters. The van der Waals surface area contributed by atoms with E-state index in [0.29, 0.717) is 19.5 Å². The number of ether oxygens (including phenoxy) is 2. The monoisotopic (exact) mass is 347 g/mol. The predicted octanol–water partition coefficient (Wildman–Crippen LogP) is 2.55. The normalized spacial score (nSPS) is 22.8. The summed E-state index contributed by atoms with van der Waals surface area (Å²) in [5.41, 5.74) is 0.822. The molecule has 2 heterocycles. The summed E-state index contributed by atoms with van der Waals surface area (Å²) >= 11 is 0. The van der Waals surface area contributed by atoms with Crippen LogP contribution in [0.1, 0.15) is 44.1 Å². The van der Waals surface area contributed by atoms with Crippen LogP contribution in [0.4, 0.5) is 0 Å². The van der Waals surface area contributed by atoms with Gasteiger partial charge in [-0.3, -0.25) is 4.79 Å². The number of likely N-dealkylation sites (tertiary alicyclic amines) is 1. The zero-order chi connectivity index (χ0) is 17.7. The summed E-state index contributed by atoms with van der Waals surface area (Å²) in [6.07, 6.45) is 5.18. The Balaban J connectivity index is 1.42. The molecule has 0 aromatic heterocycles. The number of piperidine rings is 1. The van der Waals surface area contributed by atoms with Gasteiger partial charge in [-0.05, 0) is 56.2 Å². The van der Waals surface area contributed by atoms with Gasteiger partial charge in [0, 0.05) is 26.1 Å². The van der Waals surface area contributed by atoms with E-state index in [-0.39, 0.29) is 12.0 Å². The van der Waals surface area contributed by atoms with E-state index in [2.05, 4.69) is 12.1 Å². The van der Waals surface area contributed by atoms with Crippen molar-refractivity contribution in [1.29, 1.82) is 0 Å². The minimum absolute atomic E-state index is 0.216. The van der Waals surface area contributed by atoms with Crippen LogP contribution >= 0.6 is 0 Å². The lowest BCUT2D eigenvalue weighted by Crippen LogP contribution is -2.56. The number of rotatable bonds is 5. The molecule has 2 aliphatic rings. The van der Waals surface area contributed by atoms with E-state index in [0.717, 1.165) is 50.9 Å². The second-order valence-corrected chi connectivity index (χ2v) is 7.15. The van der Waals surface area contributed by atoms with Gasteiger partial charge in [-0.1, -0.05) is 12.1 Å². The van der Waals surface area contributed by atoms with E-state index in [1.165, 1.54) is 5.56 Å². The summed E-state index contributed by atoms with van der Waals surface area (Å²) in [6.45, 7) is 2.11. The summed E-state index contributed by atoms with van der Waals surface area (Å²) in [6, 6.07) is 8.01. The number of methoxy groups -OCH3 is 1. The van der Waals surface area contributed by atoms with Gasteiger partial charge in [0.25, 0.3) is 0 Å². The Hall–Kier alpha value is -1.59. The topological polar surface area (TPSA) is 59.0 Å². The van der Waals surface area contributed by atoms with Crippen LogP contribution in [0.15, 0.2) is 24.3 Å². The summed E-state index contributed by atoms with van der Waals surface area (Å²) in [7, 11) is 1.66. The fraction of sp³-hybridized carbons (Fsp3) is 0.650. The van der Waals surface area contributed by atoms with Gasteiger partial charge < -0.3 is 19.5 Å². The molecule has 2 saturated heterocycles. The van der Waals surface area contributed by atoms with Crippen molar-refractivity contribution in [3.05, 3.63) is 29.8 Å². The van der Waals surface area contributed by atoms with Crippen LogP contribution in [-0.2, 0) is 16.0 Å². The van der Waals surface area contributed by atoms with Crippen LogP contribution in [0.2, 0.25) is 0 Å². The third kappa shape index (κ3) is 4.33. The predicted molar refractivity (Wildman–Crippen MR) is 95.7 cm³/mol. The number of nitrogens with zero attached hydrogens (tertiary/aromatic N) is 1. The molecule has 5 heteroatoms. The first-order valence-electron chi connectivity index (χ1n) is 9.36. The first-order valence-corrected chi connectivity index (χ1v) is 9.36. The number of carbonyl (C=O) groups is 1. The van der Waals surface area contributed by atoms with Gasteiger partial charge in [-0.15, -0.1) is 0 Å². The molecule has 2 fully saturated rings. The van der Waals surface area contributed by atoms with E-state index in [1.54, 1.807) is 7.11 Å². The number of aliphatic hydroxyl groups excluding tert-OH is 1. The van der Waals surface area contributed by atoms with Crippen molar-refractivity contribution in [1.82, 2.24) is 4.90 Å². The number of hydrogen-bond acceptors (Lipinski definition) is 4. The Labute approximate surface area is 149 Å². The van der Waals surface area contributed by atoms with E-state index in [1.807, 2.05) is 17.0 Å². The summed E-state index contributed by atoms with van der Waals surface area (Å²) in [5, 5.41) is 10.3. The van der Waals surface area contributed by atoms with Crippen LogP contribution in [0.3, 0.4) is 0 Å². The van der Waals surface area contributed by atoms with Gasteiger partial charge in [0.05, 0.1) is 18.8 Å². The van der Waals surface area contributed by atoms with Crippen LogP contribution in [0.5, 0.6) is 5.75 Å². The zero-order valence-corrected chi connectivity index (χ0v) is 15.1. The molecule has 1 atom stereocenters. The third-order valence-electron chi connectivity index (χ3n) is 5.60.